The first kappa shape index (κ1) is 22.2. The minimum atomic E-state index is 0.127. The van der Waals surface area contributed by atoms with Gasteiger partial charge in [-0.2, -0.15) is 0 Å². The highest BCUT2D eigenvalue weighted by molar-refractivity contribution is 5.81. The third kappa shape index (κ3) is 3.22. The number of pyridine rings is 2. The molecule has 5 heterocycles. The molecule has 3 saturated carbocycles. The molecule has 0 spiro atoms. The van der Waals surface area contributed by atoms with Crippen LogP contribution in [0, 0.1) is 0 Å². The van der Waals surface area contributed by atoms with E-state index < -0.39 is 0 Å². The number of nitrogens with zero attached hydrogens (tertiary/aromatic N) is 6. The van der Waals surface area contributed by atoms with Crippen LogP contribution in [0.1, 0.15) is 63.5 Å². The summed E-state index contributed by atoms with van der Waals surface area (Å²) in [5, 5.41) is 0. The molecule has 8 rings (SSSR count). The average Bonchev–Trinajstić information content (AvgIpc) is 3.48. The van der Waals surface area contributed by atoms with Crippen LogP contribution < -0.4 is 0 Å². The van der Waals surface area contributed by atoms with Crippen molar-refractivity contribution in [1.82, 2.24) is 29.0 Å². The van der Waals surface area contributed by atoms with Gasteiger partial charge in [-0.15, -0.1) is 0 Å². The smallest absolute Gasteiger partial charge is 0.112 e. The van der Waals surface area contributed by atoms with E-state index in [9.17, 15) is 0 Å². The molecule has 2 bridgehead atoms. The van der Waals surface area contributed by atoms with E-state index in [4.69, 9.17) is 14.7 Å². The van der Waals surface area contributed by atoms with Gasteiger partial charge in [0, 0.05) is 54.9 Å². The molecule has 0 N–H and O–H groups in total. The summed E-state index contributed by atoms with van der Waals surface area (Å²) in [6.45, 7) is 10.6. The van der Waals surface area contributed by atoms with Crippen molar-refractivity contribution in [3.63, 3.8) is 0 Å². The van der Waals surface area contributed by atoms with Crippen LogP contribution in [0.15, 0.2) is 55.1 Å². The molecular formula is C29H34N6O. The van der Waals surface area contributed by atoms with Crippen molar-refractivity contribution in [3.05, 3.63) is 66.6 Å². The summed E-state index contributed by atoms with van der Waals surface area (Å²) in [5.74, 6) is 1.56. The Kier molecular flexibility index (Phi) is 4.92. The van der Waals surface area contributed by atoms with Crippen LogP contribution in [-0.2, 0) is 10.3 Å². The van der Waals surface area contributed by atoms with Gasteiger partial charge in [0.1, 0.15) is 5.82 Å². The van der Waals surface area contributed by atoms with Gasteiger partial charge in [0.2, 0.25) is 0 Å². The monoisotopic (exact) mass is 482 g/mol. The first-order valence-electron chi connectivity index (χ1n) is 13.3. The molecule has 0 amide bonds. The molecule has 3 aliphatic carbocycles. The van der Waals surface area contributed by atoms with Crippen molar-refractivity contribution in [1.29, 1.82) is 0 Å². The van der Waals surface area contributed by atoms with Gasteiger partial charge in [0.25, 0.3) is 0 Å². The Morgan fingerprint density at radius 3 is 2.50 bits per heavy atom. The standard InChI is InChI=1S/C29H34N6O/c1-20(2)27-32-25(16-35(27)29-17-28(18-29,19-29)33-10-12-36-13-11-33)22-14-26-24(31-15-22)7-9-34(26)21(3)23-6-4-5-8-30-23/h4-9,14-16,20-21H,10-13,17-19H2,1-3H3. The maximum absolute atomic E-state index is 5.60. The van der Waals surface area contributed by atoms with Crippen molar-refractivity contribution >= 4 is 11.0 Å². The van der Waals surface area contributed by atoms with E-state index in [-0.39, 0.29) is 11.6 Å². The fourth-order valence-corrected chi connectivity index (χ4v) is 6.91. The number of fused-ring (bicyclic) bond motifs is 1. The SMILES string of the molecule is CC(C)c1nc(-c2cnc3ccn(C(C)c4ccccn4)c3c2)cn1C12CC(N3CCOCC3)(C1)C2. The topological polar surface area (TPSA) is 61.0 Å². The van der Waals surface area contributed by atoms with E-state index >= 15 is 0 Å². The highest BCUT2D eigenvalue weighted by atomic mass is 16.5. The second kappa shape index (κ2) is 7.98. The molecule has 4 fully saturated rings. The third-order valence-corrected chi connectivity index (χ3v) is 8.81. The second-order valence-corrected chi connectivity index (χ2v) is 11.4. The van der Waals surface area contributed by atoms with E-state index in [1.165, 1.54) is 25.1 Å². The summed E-state index contributed by atoms with van der Waals surface area (Å²) in [4.78, 5) is 17.2. The molecule has 4 aliphatic rings. The minimum absolute atomic E-state index is 0.127. The average molecular weight is 483 g/mol. The third-order valence-electron chi connectivity index (χ3n) is 8.81. The fraction of sp³-hybridized carbons (Fsp3) is 0.483. The van der Waals surface area contributed by atoms with Crippen LogP contribution in [0.5, 0.6) is 0 Å². The van der Waals surface area contributed by atoms with Crippen molar-refractivity contribution < 1.29 is 4.74 Å². The van der Waals surface area contributed by atoms with Gasteiger partial charge in [-0.1, -0.05) is 19.9 Å². The number of hydrogen-bond acceptors (Lipinski definition) is 5. The van der Waals surface area contributed by atoms with Crippen LogP contribution in [0.3, 0.4) is 0 Å². The fourth-order valence-electron chi connectivity index (χ4n) is 6.91. The Hall–Kier alpha value is -3.03. The van der Waals surface area contributed by atoms with Crippen LogP contribution in [0.25, 0.3) is 22.3 Å². The lowest BCUT2D eigenvalue weighted by Gasteiger charge is -2.74. The van der Waals surface area contributed by atoms with Gasteiger partial charge >= 0.3 is 0 Å². The van der Waals surface area contributed by atoms with Crippen molar-refractivity contribution in [2.24, 2.45) is 0 Å². The maximum Gasteiger partial charge on any atom is 0.112 e. The van der Waals surface area contributed by atoms with Gasteiger partial charge in [0.15, 0.2) is 0 Å². The number of morpholine rings is 1. The van der Waals surface area contributed by atoms with E-state index in [1.54, 1.807) is 0 Å². The summed E-state index contributed by atoms with van der Waals surface area (Å²) in [5.41, 5.74) is 5.88. The second-order valence-electron chi connectivity index (χ2n) is 11.4. The van der Waals surface area contributed by atoms with Crippen molar-refractivity contribution in [2.75, 3.05) is 26.3 Å². The molecule has 1 unspecified atom stereocenters. The highest BCUT2D eigenvalue weighted by Gasteiger charge is 2.71. The van der Waals surface area contributed by atoms with E-state index in [1.807, 2.05) is 24.5 Å². The number of imidazole rings is 1. The quantitative estimate of drug-likeness (QED) is 0.387. The van der Waals surface area contributed by atoms with E-state index in [0.29, 0.717) is 11.5 Å². The molecule has 0 radical (unpaired) electrons. The molecule has 1 atom stereocenters. The lowest BCUT2D eigenvalue weighted by Crippen LogP contribution is -2.79. The molecule has 36 heavy (non-hydrogen) atoms. The molecule has 1 saturated heterocycles. The van der Waals surface area contributed by atoms with Gasteiger partial charge in [-0.05, 0) is 50.5 Å². The Morgan fingerprint density at radius 2 is 1.78 bits per heavy atom. The maximum atomic E-state index is 5.60. The number of rotatable bonds is 6. The zero-order valence-corrected chi connectivity index (χ0v) is 21.4. The van der Waals surface area contributed by atoms with Gasteiger partial charge < -0.3 is 13.9 Å². The molecular weight excluding hydrogens is 448 g/mol. The largest absolute Gasteiger partial charge is 0.379 e. The lowest BCUT2D eigenvalue weighted by atomic mass is 9.43. The van der Waals surface area contributed by atoms with Crippen LogP contribution >= 0.6 is 0 Å². The Labute approximate surface area is 212 Å². The van der Waals surface area contributed by atoms with Gasteiger partial charge in [-0.25, -0.2) is 4.98 Å². The summed E-state index contributed by atoms with van der Waals surface area (Å²) in [7, 11) is 0. The molecule has 4 aromatic heterocycles. The summed E-state index contributed by atoms with van der Waals surface area (Å²) in [6, 6.07) is 10.5. The van der Waals surface area contributed by atoms with Crippen LogP contribution in [0.4, 0.5) is 0 Å². The molecule has 0 aromatic carbocycles. The van der Waals surface area contributed by atoms with E-state index in [0.717, 1.165) is 54.3 Å². The Morgan fingerprint density at radius 1 is 0.972 bits per heavy atom. The van der Waals surface area contributed by atoms with Crippen molar-refractivity contribution in [2.45, 2.75) is 63.1 Å². The number of aromatic nitrogens is 5. The van der Waals surface area contributed by atoms with Gasteiger partial charge in [-0.3, -0.25) is 14.9 Å². The summed E-state index contributed by atoms with van der Waals surface area (Å²) in [6.07, 6.45) is 12.0. The molecule has 7 nitrogen and oxygen atoms in total. The number of hydrogen-bond donors (Lipinski definition) is 0. The zero-order chi connectivity index (χ0) is 24.5. The summed E-state index contributed by atoms with van der Waals surface area (Å²) >= 11 is 0. The molecule has 186 valence electrons. The van der Waals surface area contributed by atoms with Crippen LogP contribution in [-0.4, -0.2) is 60.8 Å². The Bertz CT molecular complexity index is 1390. The van der Waals surface area contributed by atoms with Crippen LogP contribution in [0.2, 0.25) is 0 Å². The van der Waals surface area contributed by atoms with Gasteiger partial charge in [0.05, 0.1) is 47.2 Å². The normalized spacial score (nSPS) is 26.7. The number of ether oxygens (including phenoxy) is 1. The lowest BCUT2D eigenvalue weighted by molar-refractivity contribution is -0.221. The summed E-state index contributed by atoms with van der Waals surface area (Å²) < 4.78 is 10.4. The molecule has 1 aliphatic heterocycles. The zero-order valence-electron chi connectivity index (χ0n) is 21.4. The minimum Gasteiger partial charge on any atom is -0.379 e. The predicted octanol–water partition coefficient (Wildman–Crippen LogP) is 4.99. The van der Waals surface area contributed by atoms with E-state index in [2.05, 4.69) is 70.4 Å². The highest BCUT2D eigenvalue weighted by Crippen LogP contribution is 2.68. The Balaban J connectivity index is 1.21. The first-order valence-corrected chi connectivity index (χ1v) is 13.3. The van der Waals surface area contributed by atoms with Crippen molar-refractivity contribution in [3.8, 4) is 11.3 Å². The first-order chi connectivity index (χ1) is 17.5. The molecule has 7 heteroatoms. The predicted molar refractivity (Wildman–Crippen MR) is 140 cm³/mol. The molecule has 4 aromatic rings.